The first-order valence-electron chi connectivity index (χ1n) is 5.86. The van der Waals surface area contributed by atoms with E-state index in [1.807, 2.05) is 12.1 Å². The highest BCUT2D eigenvalue weighted by molar-refractivity contribution is 14.1. The van der Waals surface area contributed by atoms with Crippen LogP contribution >= 0.6 is 22.6 Å². The normalized spacial score (nSPS) is 16.7. The molecule has 2 heterocycles. The fourth-order valence-corrected chi connectivity index (χ4v) is 2.18. The Hall–Kier alpha value is -0.960. The lowest BCUT2D eigenvalue weighted by Crippen LogP contribution is -2.49. The van der Waals surface area contributed by atoms with Gasteiger partial charge in [-0.3, -0.25) is 9.69 Å². The summed E-state index contributed by atoms with van der Waals surface area (Å²) >= 11 is 2.14. The van der Waals surface area contributed by atoms with Gasteiger partial charge in [-0.2, -0.15) is 0 Å². The number of amides is 1. The fraction of sp³-hybridized carbons (Fsp3) is 0.545. The Kier molecular flexibility index (Phi) is 4.70. The Morgan fingerprint density at radius 1 is 1.33 bits per heavy atom. The molecule has 0 aliphatic carbocycles. The molecule has 1 amide bonds. The van der Waals surface area contributed by atoms with Gasteiger partial charge in [0.15, 0.2) is 5.82 Å². The zero-order chi connectivity index (χ0) is 13.0. The zero-order valence-corrected chi connectivity index (χ0v) is 12.4. The van der Waals surface area contributed by atoms with Crippen molar-refractivity contribution in [2.75, 3.05) is 44.7 Å². The molecule has 1 aliphatic rings. The third-order valence-corrected chi connectivity index (χ3v) is 3.54. The van der Waals surface area contributed by atoms with Gasteiger partial charge in [0.25, 0.3) is 0 Å². The molecule has 1 fully saturated rings. The van der Waals surface area contributed by atoms with Gasteiger partial charge in [-0.15, -0.1) is 10.2 Å². The number of piperazine rings is 1. The molecule has 0 aromatic carbocycles. The summed E-state index contributed by atoms with van der Waals surface area (Å²) in [6.07, 6.45) is 0. The van der Waals surface area contributed by atoms with E-state index in [9.17, 15) is 4.79 Å². The molecule has 0 saturated carbocycles. The number of likely N-dealkylation sites (N-methyl/N-ethyl adjacent to an activating group) is 1. The Morgan fingerprint density at radius 2 is 2.06 bits per heavy atom. The standard InChI is InChI=1S/C11H16IN5O/c1-13-11(18)8-16-4-6-17(7-5-16)10-3-2-9(12)14-15-10/h2-3H,4-8H2,1H3,(H,13,18). The number of hydrogen-bond acceptors (Lipinski definition) is 5. The second-order valence-corrected chi connectivity index (χ2v) is 5.26. The summed E-state index contributed by atoms with van der Waals surface area (Å²) in [5.41, 5.74) is 0. The summed E-state index contributed by atoms with van der Waals surface area (Å²) < 4.78 is 0.898. The topological polar surface area (TPSA) is 61.4 Å². The van der Waals surface area contributed by atoms with E-state index in [-0.39, 0.29) is 5.91 Å². The lowest BCUT2D eigenvalue weighted by Gasteiger charge is -2.34. The molecule has 0 unspecified atom stereocenters. The van der Waals surface area contributed by atoms with Crippen LogP contribution in [0.4, 0.5) is 5.82 Å². The summed E-state index contributed by atoms with van der Waals surface area (Å²) in [5.74, 6) is 0.979. The average molecular weight is 361 g/mol. The number of rotatable bonds is 3. The Bertz CT molecular complexity index is 402. The smallest absolute Gasteiger partial charge is 0.233 e. The van der Waals surface area contributed by atoms with Crippen LogP contribution in [0.2, 0.25) is 0 Å². The van der Waals surface area contributed by atoms with Gasteiger partial charge in [0.1, 0.15) is 3.70 Å². The molecule has 0 radical (unpaired) electrons. The molecule has 0 spiro atoms. The Balaban J connectivity index is 1.86. The second kappa shape index (κ2) is 6.28. The predicted molar refractivity (Wildman–Crippen MR) is 77.5 cm³/mol. The molecular formula is C11H16IN5O. The van der Waals surface area contributed by atoms with E-state index in [2.05, 4.69) is 47.9 Å². The van der Waals surface area contributed by atoms with E-state index >= 15 is 0 Å². The number of hydrogen-bond donors (Lipinski definition) is 1. The summed E-state index contributed by atoms with van der Waals surface area (Å²) in [4.78, 5) is 15.6. The molecular weight excluding hydrogens is 345 g/mol. The van der Waals surface area contributed by atoms with Crippen LogP contribution in [0.15, 0.2) is 12.1 Å². The number of carbonyl (C=O) groups excluding carboxylic acids is 1. The minimum Gasteiger partial charge on any atom is -0.358 e. The maximum absolute atomic E-state index is 11.3. The second-order valence-electron chi connectivity index (χ2n) is 4.15. The number of nitrogens with zero attached hydrogens (tertiary/aromatic N) is 4. The van der Waals surface area contributed by atoms with Crippen molar-refractivity contribution in [3.63, 3.8) is 0 Å². The van der Waals surface area contributed by atoms with E-state index < -0.39 is 0 Å². The van der Waals surface area contributed by atoms with Gasteiger partial charge >= 0.3 is 0 Å². The van der Waals surface area contributed by atoms with Gasteiger partial charge in [-0.25, -0.2) is 0 Å². The predicted octanol–water partition coefficient (Wildman–Crippen LogP) is -0.0508. The Morgan fingerprint density at radius 3 is 2.61 bits per heavy atom. The van der Waals surface area contributed by atoms with Crippen molar-refractivity contribution >= 4 is 34.3 Å². The highest BCUT2D eigenvalue weighted by Gasteiger charge is 2.19. The number of carbonyl (C=O) groups is 1. The van der Waals surface area contributed by atoms with Crippen molar-refractivity contribution < 1.29 is 4.79 Å². The molecule has 98 valence electrons. The largest absolute Gasteiger partial charge is 0.358 e. The van der Waals surface area contributed by atoms with Crippen LogP contribution in [0.3, 0.4) is 0 Å². The lowest BCUT2D eigenvalue weighted by molar-refractivity contribution is -0.121. The summed E-state index contributed by atoms with van der Waals surface area (Å²) in [6.45, 7) is 3.99. The molecule has 1 saturated heterocycles. The van der Waals surface area contributed by atoms with Crippen LogP contribution in [0.25, 0.3) is 0 Å². The van der Waals surface area contributed by atoms with Gasteiger partial charge in [-0.1, -0.05) is 0 Å². The number of anilines is 1. The maximum atomic E-state index is 11.3. The highest BCUT2D eigenvalue weighted by Crippen LogP contribution is 2.13. The van der Waals surface area contributed by atoms with Gasteiger partial charge in [0.2, 0.25) is 5.91 Å². The van der Waals surface area contributed by atoms with Crippen molar-refractivity contribution in [2.45, 2.75) is 0 Å². The molecule has 2 rings (SSSR count). The van der Waals surface area contributed by atoms with Crippen molar-refractivity contribution in [2.24, 2.45) is 0 Å². The molecule has 1 aliphatic heterocycles. The molecule has 6 nitrogen and oxygen atoms in total. The molecule has 0 atom stereocenters. The van der Waals surface area contributed by atoms with Crippen LogP contribution in [-0.4, -0.2) is 60.8 Å². The first-order chi connectivity index (χ1) is 8.69. The van der Waals surface area contributed by atoms with Gasteiger partial charge in [-0.05, 0) is 34.7 Å². The van der Waals surface area contributed by atoms with Crippen molar-refractivity contribution in [1.82, 2.24) is 20.4 Å². The van der Waals surface area contributed by atoms with E-state index in [0.29, 0.717) is 6.54 Å². The first kappa shape index (κ1) is 13.5. The zero-order valence-electron chi connectivity index (χ0n) is 10.3. The Labute approximate surface area is 120 Å². The van der Waals surface area contributed by atoms with E-state index in [4.69, 9.17) is 0 Å². The molecule has 0 bridgehead atoms. The lowest BCUT2D eigenvalue weighted by atomic mass is 10.3. The van der Waals surface area contributed by atoms with Crippen molar-refractivity contribution in [3.05, 3.63) is 15.8 Å². The van der Waals surface area contributed by atoms with Crippen LogP contribution in [0, 0.1) is 3.70 Å². The number of aromatic nitrogens is 2. The quantitative estimate of drug-likeness (QED) is 0.765. The third kappa shape index (κ3) is 3.52. The molecule has 7 heteroatoms. The third-order valence-electron chi connectivity index (χ3n) is 2.96. The van der Waals surface area contributed by atoms with Gasteiger partial charge in [0, 0.05) is 33.2 Å². The van der Waals surface area contributed by atoms with Crippen LogP contribution in [0.5, 0.6) is 0 Å². The SMILES string of the molecule is CNC(=O)CN1CCN(c2ccc(I)nn2)CC1. The van der Waals surface area contributed by atoms with Crippen LogP contribution in [0.1, 0.15) is 0 Å². The number of halogens is 1. The monoisotopic (exact) mass is 361 g/mol. The molecule has 1 N–H and O–H groups in total. The van der Waals surface area contributed by atoms with E-state index in [0.717, 1.165) is 35.7 Å². The highest BCUT2D eigenvalue weighted by atomic mass is 127. The van der Waals surface area contributed by atoms with E-state index in [1.165, 1.54) is 0 Å². The van der Waals surface area contributed by atoms with Crippen LogP contribution in [-0.2, 0) is 4.79 Å². The van der Waals surface area contributed by atoms with Crippen molar-refractivity contribution in [1.29, 1.82) is 0 Å². The van der Waals surface area contributed by atoms with Crippen LogP contribution < -0.4 is 10.2 Å². The van der Waals surface area contributed by atoms with Gasteiger partial charge in [0.05, 0.1) is 6.54 Å². The fourth-order valence-electron chi connectivity index (χ4n) is 1.89. The summed E-state index contributed by atoms with van der Waals surface area (Å²) in [6, 6.07) is 3.95. The van der Waals surface area contributed by atoms with Crippen molar-refractivity contribution in [3.8, 4) is 0 Å². The van der Waals surface area contributed by atoms with Gasteiger partial charge < -0.3 is 10.2 Å². The molecule has 18 heavy (non-hydrogen) atoms. The minimum absolute atomic E-state index is 0.0671. The average Bonchev–Trinajstić information content (AvgIpc) is 2.40. The number of nitrogens with one attached hydrogen (secondary N) is 1. The van der Waals surface area contributed by atoms with E-state index in [1.54, 1.807) is 7.05 Å². The maximum Gasteiger partial charge on any atom is 0.233 e. The minimum atomic E-state index is 0.0671. The first-order valence-corrected chi connectivity index (χ1v) is 6.94. The molecule has 1 aromatic rings. The molecule has 1 aromatic heterocycles. The summed E-state index contributed by atoms with van der Waals surface area (Å²) in [7, 11) is 1.67. The summed E-state index contributed by atoms with van der Waals surface area (Å²) in [5, 5.41) is 10.9.